The molecular formula is C46H50ClF3N9O4P. The van der Waals surface area contributed by atoms with Gasteiger partial charge in [0.05, 0.1) is 41.8 Å². The molecule has 4 saturated heterocycles. The van der Waals surface area contributed by atoms with Crippen LogP contribution in [0.15, 0.2) is 48.7 Å². The number of aryl methyl sites for hydroxylation is 2. The number of nitrogens with zero attached hydrogens (tertiary/aromatic N) is 6. The lowest BCUT2D eigenvalue weighted by atomic mass is 9.72. The highest BCUT2D eigenvalue weighted by Crippen LogP contribution is 2.46. The van der Waals surface area contributed by atoms with Crippen LogP contribution >= 0.6 is 18.7 Å². The van der Waals surface area contributed by atoms with Gasteiger partial charge in [0.1, 0.15) is 35.4 Å². The van der Waals surface area contributed by atoms with Gasteiger partial charge in [-0.3, -0.25) is 19.9 Å². The monoisotopic (exact) mass is 915 g/mol. The molecule has 6 heterocycles. The lowest BCUT2D eigenvalue weighted by Crippen LogP contribution is -2.72. The van der Waals surface area contributed by atoms with Gasteiger partial charge in [-0.2, -0.15) is 4.98 Å². The molecular weight excluding hydrogens is 866 g/mol. The van der Waals surface area contributed by atoms with Crippen molar-refractivity contribution < 1.29 is 32.1 Å². The van der Waals surface area contributed by atoms with Gasteiger partial charge in [-0.1, -0.05) is 18.5 Å². The van der Waals surface area contributed by atoms with Crippen molar-refractivity contribution in [2.75, 3.05) is 86.7 Å². The smallest absolute Gasteiger partial charge is 0.234 e. The van der Waals surface area contributed by atoms with Crippen LogP contribution in [0, 0.1) is 35.7 Å². The minimum atomic E-state index is -2.95. The van der Waals surface area contributed by atoms with E-state index in [0.29, 0.717) is 58.0 Å². The number of carbonyl (C=O) groups is 2. The summed E-state index contributed by atoms with van der Waals surface area (Å²) < 4.78 is 64.7. The van der Waals surface area contributed by atoms with Crippen molar-refractivity contribution in [2.24, 2.45) is 11.3 Å². The third kappa shape index (κ3) is 8.35. The van der Waals surface area contributed by atoms with Crippen molar-refractivity contribution >= 4 is 81.3 Å². The Balaban J connectivity index is 0.826. The Morgan fingerprint density at radius 1 is 0.953 bits per heavy atom. The van der Waals surface area contributed by atoms with Crippen molar-refractivity contribution in [1.29, 1.82) is 0 Å². The number of ether oxygens (including phenoxy) is 1. The molecule has 0 saturated carbocycles. The summed E-state index contributed by atoms with van der Waals surface area (Å²) in [5.41, 5.74) is 4.58. The molecule has 64 heavy (non-hydrogen) atoms. The Labute approximate surface area is 374 Å². The summed E-state index contributed by atoms with van der Waals surface area (Å²) >= 11 is 6.59. The Bertz CT molecular complexity index is 2740. The molecule has 13 nitrogen and oxygen atoms in total. The summed E-state index contributed by atoms with van der Waals surface area (Å²) in [6.07, 6.45) is 3.30. The van der Waals surface area contributed by atoms with E-state index in [-0.39, 0.29) is 46.3 Å². The number of imide groups is 1. The topological polar surface area (TPSA) is 145 Å². The molecule has 2 amide bonds. The number of hydrogen-bond donors (Lipinski definition) is 3. The standard InChI is InChI=1S/C46H50ClF3N9O4P/c1-6-27-13-37(54-45-51-18-31(47)43(56-45)53-36-9-8-35-30(42(36)64(4,5)62)16-32(48)25(2)52-35)39(63-3)17-38(27)59-23-46(24-59)21-57(22-46)19-26-11-12-58(20-26)28-14-33(49)41(34(50)15-28)29-7-10-40(60)55-44(29)61/h8-9,13-18,26,29H,6-7,10-12,19-24H2,1-5H3,(H,55,60,61)(H2,51,53,54,56)/t26-,29+/m0/s1. The lowest BCUT2D eigenvalue weighted by molar-refractivity contribution is -0.134. The second-order valence-corrected chi connectivity index (χ2v) is 21.6. The Morgan fingerprint density at radius 2 is 1.70 bits per heavy atom. The second-order valence-electron chi connectivity index (χ2n) is 18.1. The highest BCUT2D eigenvalue weighted by Gasteiger charge is 2.52. The molecule has 336 valence electrons. The third-order valence-corrected chi connectivity index (χ3v) is 14.8. The zero-order valence-electron chi connectivity index (χ0n) is 36.3. The number of nitrogens with one attached hydrogen (secondary N) is 3. The molecule has 0 bridgehead atoms. The van der Waals surface area contributed by atoms with E-state index < -0.39 is 42.3 Å². The zero-order chi connectivity index (χ0) is 45.2. The summed E-state index contributed by atoms with van der Waals surface area (Å²) in [5.74, 6) is -2.59. The molecule has 1 spiro atoms. The molecule has 4 aliphatic heterocycles. The number of likely N-dealkylation sites (tertiary alicyclic amines) is 1. The maximum atomic E-state index is 15.3. The number of hydrogen-bond acceptors (Lipinski definition) is 12. The van der Waals surface area contributed by atoms with Crippen LogP contribution in [0.1, 0.15) is 48.9 Å². The number of rotatable bonds is 12. The predicted molar refractivity (Wildman–Crippen MR) is 244 cm³/mol. The van der Waals surface area contributed by atoms with Gasteiger partial charge in [-0.05, 0) is 87.4 Å². The SMILES string of the molecule is CCc1cc(Nc2ncc(Cl)c(Nc3ccc4nc(C)c(F)cc4c3P(C)(C)=O)n2)c(OC)cc1N1CC2(CN(C[C@@H]3CCN(c4cc(F)c([C@H]5CCC(=O)NC5=O)c(F)c4)C3)C2)C1. The van der Waals surface area contributed by atoms with E-state index >= 15 is 8.78 Å². The number of benzene rings is 3. The van der Waals surface area contributed by atoms with Crippen LogP contribution in [0.3, 0.4) is 0 Å². The average Bonchev–Trinajstić information content (AvgIpc) is 3.68. The molecule has 4 aliphatic rings. The van der Waals surface area contributed by atoms with Gasteiger partial charge in [0, 0.05) is 91.3 Å². The molecule has 0 aliphatic carbocycles. The fraction of sp³-hybridized carbons (Fsp3) is 0.413. The number of aromatic nitrogens is 3. The number of anilines is 6. The second kappa shape index (κ2) is 16.8. The fourth-order valence-electron chi connectivity index (χ4n) is 10.0. The highest BCUT2D eigenvalue weighted by atomic mass is 35.5. The predicted octanol–water partition coefficient (Wildman–Crippen LogP) is 7.88. The van der Waals surface area contributed by atoms with Crippen molar-refractivity contribution in [3.8, 4) is 5.75 Å². The van der Waals surface area contributed by atoms with Crippen molar-refractivity contribution in [3.05, 3.63) is 88.0 Å². The van der Waals surface area contributed by atoms with Gasteiger partial charge in [-0.15, -0.1) is 0 Å². The largest absolute Gasteiger partial charge is 0.494 e. The van der Waals surface area contributed by atoms with Crippen LogP contribution in [0.2, 0.25) is 5.02 Å². The first-order valence-corrected chi connectivity index (χ1v) is 24.5. The summed E-state index contributed by atoms with van der Waals surface area (Å²) in [7, 11) is -1.33. The minimum Gasteiger partial charge on any atom is -0.494 e. The first-order valence-electron chi connectivity index (χ1n) is 21.5. The summed E-state index contributed by atoms with van der Waals surface area (Å²) in [6, 6.07) is 11.6. The van der Waals surface area contributed by atoms with Gasteiger partial charge < -0.3 is 34.6 Å². The van der Waals surface area contributed by atoms with Crippen LogP contribution in [-0.2, 0) is 20.6 Å². The van der Waals surface area contributed by atoms with Gasteiger partial charge >= 0.3 is 0 Å². The highest BCUT2D eigenvalue weighted by molar-refractivity contribution is 7.71. The average molecular weight is 916 g/mol. The van der Waals surface area contributed by atoms with Crippen molar-refractivity contribution in [2.45, 2.75) is 45.4 Å². The van der Waals surface area contributed by atoms with E-state index in [1.807, 2.05) is 11.0 Å². The zero-order valence-corrected chi connectivity index (χ0v) is 38.0. The van der Waals surface area contributed by atoms with Crippen LogP contribution in [-0.4, -0.2) is 97.9 Å². The Hall–Kier alpha value is -5.44. The molecule has 5 aromatic rings. The summed E-state index contributed by atoms with van der Waals surface area (Å²) in [5, 5.41) is 9.86. The molecule has 2 aromatic heterocycles. The molecule has 4 fully saturated rings. The number of halogens is 4. The van der Waals surface area contributed by atoms with E-state index in [0.717, 1.165) is 56.8 Å². The van der Waals surface area contributed by atoms with Crippen LogP contribution in [0.5, 0.6) is 5.75 Å². The molecule has 3 aromatic carbocycles. The number of fused-ring (bicyclic) bond motifs is 1. The first-order chi connectivity index (χ1) is 30.5. The third-order valence-electron chi connectivity index (χ3n) is 13.0. The fourth-order valence-corrected chi connectivity index (χ4v) is 11.6. The number of methoxy groups -OCH3 is 1. The van der Waals surface area contributed by atoms with Gasteiger partial charge in [0.15, 0.2) is 5.82 Å². The van der Waals surface area contributed by atoms with Crippen LogP contribution in [0.4, 0.5) is 47.7 Å². The molecule has 0 unspecified atom stereocenters. The van der Waals surface area contributed by atoms with E-state index in [1.165, 1.54) is 24.4 Å². The quantitative estimate of drug-likeness (QED) is 0.0828. The number of amides is 2. The molecule has 18 heteroatoms. The minimum absolute atomic E-state index is 0.0515. The van der Waals surface area contributed by atoms with Gasteiger partial charge in [0.25, 0.3) is 0 Å². The summed E-state index contributed by atoms with van der Waals surface area (Å²) in [4.78, 5) is 44.2. The molecule has 0 radical (unpaired) electrons. The van der Waals surface area contributed by atoms with Gasteiger partial charge in [0.2, 0.25) is 17.8 Å². The normalized spacial score (nSPS) is 19.8. The maximum absolute atomic E-state index is 15.3. The van der Waals surface area contributed by atoms with Crippen molar-refractivity contribution in [1.82, 2.24) is 25.2 Å². The van der Waals surface area contributed by atoms with Crippen molar-refractivity contribution in [3.63, 3.8) is 0 Å². The number of pyridine rings is 1. The number of piperidine rings is 1. The number of carbonyl (C=O) groups excluding carboxylic acids is 2. The Morgan fingerprint density at radius 3 is 2.39 bits per heavy atom. The van der Waals surface area contributed by atoms with Gasteiger partial charge in [-0.25, -0.2) is 18.2 Å². The first kappa shape index (κ1) is 43.8. The van der Waals surface area contributed by atoms with E-state index in [2.05, 4.69) is 53.7 Å². The van der Waals surface area contributed by atoms with Crippen LogP contribution < -0.4 is 35.8 Å². The summed E-state index contributed by atoms with van der Waals surface area (Å²) in [6.45, 7) is 13.0. The molecule has 2 atom stereocenters. The van der Waals surface area contributed by atoms with E-state index in [9.17, 15) is 18.5 Å². The molecule has 9 rings (SSSR count). The van der Waals surface area contributed by atoms with E-state index in [4.69, 9.17) is 16.3 Å². The van der Waals surface area contributed by atoms with E-state index in [1.54, 1.807) is 39.5 Å². The molecule has 3 N–H and O–H groups in total. The maximum Gasteiger partial charge on any atom is 0.234 e. The Kier molecular flexibility index (Phi) is 11.5. The van der Waals surface area contributed by atoms with Crippen LogP contribution in [0.25, 0.3) is 10.9 Å². The lowest BCUT2D eigenvalue weighted by Gasteiger charge is -2.61.